The summed E-state index contributed by atoms with van der Waals surface area (Å²) in [6.45, 7) is 5.04. The summed E-state index contributed by atoms with van der Waals surface area (Å²) in [6, 6.07) is 16.0. The molecule has 0 bridgehead atoms. The first-order valence-corrected chi connectivity index (χ1v) is 9.26. The first-order chi connectivity index (χ1) is 13.0. The predicted molar refractivity (Wildman–Crippen MR) is 107 cm³/mol. The Morgan fingerprint density at radius 1 is 1.15 bits per heavy atom. The minimum Gasteiger partial charge on any atom is -0.357 e. The van der Waals surface area contributed by atoms with Gasteiger partial charge in [0.1, 0.15) is 5.92 Å². The molecule has 1 saturated heterocycles. The van der Waals surface area contributed by atoms with E-state index in [1.807, 2.05) is 62.4 Å². The van der Waals surface area contributed by atoms with Crippen molar-refractivity contribution in [1.82, 2.24) is 10.3 Å². The quantitative estimate of drug-likeness (QED) is 0.699. The Kier molecular flexibility index (Phi) is 4.44. The lowest BCUT2D eigenvalue weighted by atomic mass is 10.1. The molecule has 1 aromatic heterocycles. The Hall–Kier alpha value is -3.08. The lowest BCUT2D eigenvalue weighted by Crippen LogP contribution is -2.36. The van der Waals surface area contributed by atoms with Crippen molar-refractivity contribution < 1.29 is 9.59 Å². The van der Waals surface area contributed by atoms with Crippen LogP contribution in [-0.2, 0) is 16.1 Å². The van der Waals surface area contributed by atoms with E-state index in [1.54, 1.807) is 4.90 Å². The van der Waals surface area contributed by atoms with E-state index < -0.39 is 5.92 Å². The van der Waals surface area contributed by atoms with Gasteiger partial charge in [-0.1, -0.05) is 24.3 Å². The smallest absolute Gasteiger partial charge is 0.239 e. The van der Waals surface area contributed by atoms with Crippen molar-refractivity contribution in [3.8, 4) is 0 Å². The number of fused-ring (bicyclic) bond motifs is 1. The number of carbonyl (C=O) groups excluding carboxylic acids is 2. The molecule has 2 aromatic carbocycles. The fourth-order valence-corrected chi connectivity index (χ4v) is 3.61. The van der Waals surface area contributed by atoms with Crippen LogP contribution in [0, 0.1) is 19.8 Å². The van der Waals surface area contributed by atoms with Crippen molar-refractivity contribution >= 4 is 28.4 Å². The second-order valence-electron chi connectivity index (χ2n) is 7.20. The summed E-state index contributed by atoms with van der Waals surface area (Å²) in [5, 5.41) is 4.02. The number of nitrogens with zero attached hydrogens (tertiary/aromatic N) is 1. The van der Waals surface area contributed by atoms with Crippen LogP contribution in [0.2, 0.25) is 0 Å². The molecule has 0 radical (unpaired) electrons. The highest BCUT2D eigenvalue weighted by atomic mass is 16.2. The zero-order valence-corrected chi connectivity index (χ0v) is 15.6. The topological polar surface area (TPSA) is 65.2 Å². The molecule has 0 saturated carbocycles. The summed E-state index contributed by atoms with van der Waals surface area (Å²) in [5.41, 5.74) is 5.18. The van der Waals surface area contributed by atoms with Crippen LogP contribution in [0.4, 0.5) is 5.69 Å². The van der Waals surface area contributed by atoms with E-state index in [0.717, 1.165) is 27.8 Å². The number of H-pyrrole nitrogens is 1. The standard InChI is InChI=1S/C22H23N3O2/c1-14-7-8-18(11-15(14)2)25-10-9-19(22(25)27)21(26)23-13-17-12-16-5-3-4-6-20(16)24-17/h3-8,11-12,19,24H,9-10,13H2,1-2H3,(H,23,26)/t19-/m1/s1. The number of aromatic nitrogens is 1. The Labute approximate surface area is 158 Å². The van der Waals surface area contributed by atoms with Crippen molar-refractivity contribution in [3.05, 3.63) is 65.4 Å². The number of nitrogens with one attached hydrogen (secondary N) is 2. The van der Waals surface area contributed by atoms with Gasteiger partial charge in [0.05, 0.1) is 6.54 Å². The van der Waals surface area contributed by atoms with E-state index in [-0.39, 0.29) is 11.8 Å². The average molecular weight is 361 g/mol. The number of benzene rings is 2. The molecule has 5 heteroatoms. The van der Waals surface area contributed by atoms with E-state index in [9.17, 15) is 9.59 Å². The van der Waals surface area contributed by atoms with Crippen molar-refractivity contribution in [3.63, 3.8) is 0 Å². The minimum atomic E-state index is -0.615. The van der Waals surface area contributed by atoms with Crippen LogP contribution in [0.25, 0.3) is 10.9 Å². The molecule has 2 amide bonds. The van der Waals surface area contributed by atoms with E-state index in [2.05, 4.69) is 10.3 Å². The maximum atomic E-state index is 12.8. The van der Waals surface area contributed by atoms with Gasteiger partial charge in [-0.2, -0.15) is 0 Å². The van der Waals surface area contributed by atoms with Gasteiger partial charge in [-0.3, -0.25) is 9.59 Å². The molecular weight excluding hydrogens is 338 g/mol. The summed E-state index contributed by atoms with van der Waals surface area (Å²) in [6.07, 6.45) is 0.546. The van der Waals surface area contributed by atoms with E-state index >= 15 is 0 Å². The summed E-state index contributed by atoms with van der Waals surface area (Å²) >= 11 is 0. The number of hydrogen-bond acceptors (Lipinski definition) is 2. The minimum absolute atomic E-state index is 0.118. The van der Waals surface area contributed by atoms with Crippen LogP contribution >= 0.6 is 0 Å². The largest absolute Gasteiger partial charge is 0.357 e. The van der Waals surface area contributed by atoms with Crippen molar-refractivity contribution in [1.29, 1.82) is 0 Å². The molecule has 1 fully saturated rings. The predicted octanol–water partition coefficient (Wildman–Crippen LogP) is 3.45. The monoisotopic (exact) mass is 361 g/mol. The van der Waals surface area contributed by atoms with E-state index in [0.29, 0.717) is 19.5 Å². The van der Waals surface area contributed by atoms with Gasteiger partial charge >= 0.3 is 0 Å². The van der Waals surface area contributed by atoms with E-state index in [4.69, 9.17) is 0 Å². The molecule has 27 heavy (non-hydrogen) atoms. The molecule has 1 atom stereocenters. The van der Waals surface area contributed by atoms with Crippen LogP contribution in [0.3, 0.4) is 0 Å². The van der Waals surface area contributed by atoms with Gasteiger partial charge in [-0.15, -0.1) is 0 Å². The maximum absolute atomic E-state index is 12.8. The third-order valence-corrected chi connectivity index (χ3v) is 5.36. The van der Waals surface area contributed by atoms with Gasteiger partial charge in [0.2, 0.25) is 11.8 Å². The summed E-state index contributed by atoms with van der Waals surface area (Å²) in [5.74, 6) is -0.937. The highest BCUT2D eigenvalue weighted by Gasteiger charge is 2.37. The van der Waals surface area contributed by atoms with Crippen LogP contribution < -0.4 is 10.2 Å². The number of amides is 2. The van der Waals surface area contributed by atoms with Gasteiger partial charge in [0, 0.05) is 23.4 Å². The molecule has 0 unspecified atom stereocenters. The maximum Gasteiger partial charge on any atom is 0.239 e. The number of aryl methyl sites for hydroxylation is 2. The second-order valence-corrected chi connectivity index (χ2v) is 7.20. The van der Waals surface area contributed by atoms with Gasteiger partial charge in [0.25, 0.3) is 0 Å². The zero-order valence-electron chi connectivity index (χ0n) is 15.6. The van der Waals surface area contributed by atoms with Gasteiger partial charge in [-0.25, -0.2) is 0 Å². The lowest BCUT2D eigenvalue weighted by molar-refractivity contribution is -0.132. The number of hydrogen-bond donors (Lipinski definition) is 2. The Bertz CT molecular complexity index is 988. The molecule has 5 nitrogen and oxygen atoms in total. The molecule has 2 N–H and O–H groups in total. The Morgan fingerprint density at radius 3 is 2.74 bits per heavy atom. The SMILES string of the molecule is Cc1ccc(N2CC[C@H](C(=O)NCc3cc4ccccc4[nH]3)C2=O)cc1C. The van der Waals surface area contributed by atoms with Gasteiger partial charge in [-0.05, 0) is 61.0 Å². The number of carbonyl (C=O) groups is 2. The summed E-state index contributed by atoms with van der Waals surface area (Å²) in [4.78, 5) is 30.3. The van der Waals surface area contributed by atoms with Crippen molar-refractivity contribution in [2.24, 2.45) is 5.92 Å². The number of para-hydroxylation sites is 1. The van der Waals surface area contributed by atoms with Crippen LogP contribution in [-0.4, -0.2) is 23.3 Å². The van der Waals surface area contributed by atoms with Crippen molar-refractivity contribution in [2.45, 2.75) is 26.8 Å². The first-order valence-electron chi connectivity index (χ1n) is 9.26. The molecular formula is C22H23N3O2. The lowest BCUT2D eigenvalue weighted by Gasteiger charge is -2.18. The third kappa shape index (κ3) is 3.33. The number of anilines is 1. The Balaban J connectivity index is 1.41. The van der Waals surface area contributed by atoms with Crippen LogP contribution in [0.1, 0.15) is 23.2 Å². The van der Waals surface area contributed by atoms with Crippen molar-refractivity contribution in [2.75, 3.05) is 11.4 Å². The first kappa shape index (κ1) is 17.3. The molecule has 3 aromatic rings. The van der Waals surface area contributed by atoms with Gasteiger partial charge < -0.3 is 15.2 Å². The fourth-order valence-electron chi connectivity index (χ4n) is 3.61. The number of aromatic amines is 1. The highest BCUT2D eigenvalue weighted by Crippen LogP contribution is 2.27. The molecule has 0 aliphatic carbocycles. The Morgan fingerprint density at radius 2 is 1.96 bits per heavy atom. The van der Waals surface area contributed by atoms with E-state index in [1.165, 1.54) is 5.56 Å². The normalized spacial score (nSPS) is 16.9. The average Bonchev–Trinajstić information content (AvgIpc) is 3.25. The fraction of sp³-hybridized carbons (Fsp3) is 0.273. The van der Waals surface area contributed by atoms with Crippen LogP contribution in [0.5, 0.6) is 0 Å². The summed E-state index contributed by atoms with van der Waals surface area (Å²) in [7, 11) is 0. The third-order valence-electron chi connectivity index (χ3n) is 5.36. The molecule has 0 spiro atoms. The van der Waals surface area contributed by atoms with Gasteiger partial charge in [0.15, 0.2) is 0 Å². The number of rotatable bonds is 4. The molecule has 1 aliphatic rings. The summed E-state index contributed by atoms with van der Waals surface area (Å²) < 4.78 is 0. The second kappa shape index (κ2) is 6.91. The van der Waals surface area contributed by atoms with Crippen LogP contribution in [0.15, 0.2) is 48.5 Å². The molecule has 4 rings (SSSR count). The molecule has 138 valence electrons. The highest BCUT2D eigenvalue weighted by molar-refractivity contribution is 6.09. The zero-order chi connectivity index (χ0) is 19.0. The molecule has 2 heterocycles. The molecule has 1 aliphatic heterocycles.